The molecule has 0 radical (unpaired) electrons. The quantitative estimate of drug-likeness (QED) is 0.865. The van der Waals surface area contributed by atoms with Crippen LogP contribution < -0.4 is 10.6 Å². The predicted octanol–water partition coefficient (Wildman–Crippen LogP) is 1.30. The van der Waals surface area contributed by atoms with E-state index in [0.717, 1.165) is 23.9 Å². The second-order valence-corrected chi connectivity index (χ2v) is 5.53. The number of hydrogen-bond acceptors (Lipinski definition) is 5. The van der Waals surface area contributed by atoms with E-state index in [0.29, 0.717) is 6.04 Å². The largest absolute Gasteiger partial charge is 0.346 e. The molecule has 0 spiro atoms. The molecule has 2 unspecified atom stereocenters. The summed E-state index contributed by atoms with van der Waals surface area (Å²) in [6.07, 6.45) is 1.22. The Morgan fingerprint density at radius 2 is 2.38 bits per heavy atom. The van der Waals surface area contributed by atoms with E-state index >= 15 is 0 Å². The van der Waals surface area contributed by atoms with Crippen molar-refractivity contribution < 1.29 is 0 Å². The highest BCUT2D eigenvalue weighted by Crippen LogP contribution is 2.27. The Kier molecular flexibility index (Phi) is 3.47. The van der Waals surface area contributed by atoms with Crippen LogP contribution in [0.1, 0.15) is 25.1 Å². The van der Waals surface area contributed by atoms with Crippen LogP contribution in [0.15, 0.2) is 5.38 Å². The Labute approximate surface area is 101 Å². The minimum Gasteiger partial charge on any atom is -0.346 e. The maximum atomic E-state index is 5.82. The van der Waals surface area contributed by atoms with Gasteiger partial charge in [-0.05, 0) is 27.4 Å². The normalized spacial score (nSPS) is 23.1. The summed E-state index contributed by atoms with van der Waals surface area (Å²) in [5.41, 5.74) is 6.83. The Bertz CT molecular complexity index is 348. The van der Waals surface area contributed by atoms with Crippen LogP contribution in [0.25, 0.3) is 0 Å². The molecule has 2 rings (SSSR count). The number of rotatable bonds is 3. The highest BCUT2D eigenvalue weighted by molar-refractivity contribution is 7.13. The number of nitrogens with zero attached hydrogens (tertiary/aromatic N) is 3. The molecule has 90 valence electrons. The van der Waals surface area contributed by atoms with Crippen LogP contribution in [0.5, 0.6) is 0 Å². The van der Waals surface area contributed by atoms with Gasteiger partial charge in [-0.25, -0.2) is 4.98 Å². The molecule has 1 fully saturated rings. The van der Waals surface area contributed by atoms with Crippen LogP contribution in [-0.2, 0) is 0 Å². The summed E-state index contributed by atoms with van der Waals surface area (Å²) < 4.78 is 0. The number of thiazole rings is 1. The molecule has 0 aliphatic carbocycles. The van der Waals surface area contributed by atoms with Gasteiger partial charge in [0.1, 0.15) is 0 Å². The number of anilines is 1. The lowest BCUT2D eigenvalue weighted by Gasteiger charge is -2.19. The fourth-order valence-electron chi connectivity index (χ4n) is 1.97. The van der Waals surface area contributed by atoms with Gasteiger partial charge >= 0.3 is 0 Å². The minimum absolute atomic E-state index is 0.0391. The smallest absolute Gasteiger partial charge is 0.185 e. The molecule has 1 aromatic heterocycles. The zero-order valence-corrected chi connectivity index (χ0v) is 11.0. The van der Waals surface area contributed by atoms with Crippen molar-refractivity contribution in [2.45, 2.75) is 25.4 Å². The maximum Gasteiger partial charge on any atom is 0.185 e. The molecular weight excluding hydrogens is 220 g/mol. The standard InChI is InChI=1S/C11H20N4S/c1-8(12)10-7-16-11(13-10)15-5-4-9(6-15)14(2)3/h7-9H,4-6,12H2,1-3H3. The summed E-state index contributed by atoms with van der Waals surface area (Å²) >= 11 is 1.71. The fourth-order valence-corrected chi connectivity index (χ4v) is 2.93. The molecule has 4 nitrogen and oxygen atoms in total. The summed E-state index contributed by atoms with van der Waals surface area (Å²) in [6, 6.07) is 0.694. The van der Waals surface area contributed by atoms with Crippen molar-refractivity contribution in [3.63, 3.8) is 0 Å². The van der Waals surface area contributed by atoms with Crippen molar-refractivity contribution in [1.82, 2.24) is 9.88 Å². The molecular formula is C11H20N4S. The van der Waals surface area contributed by atoms with Gasteiger partial charge in [-0.15, -0.1) is 11.3 Å². The molecule has 5 heteroatoms. The topological polar surface area (TPSA) is 45.4 Å². The lowest BCUT2D eigenvalue weighted by atomic mass is 10.2. The SMILES string of the molecule is CC(N)c1csc(N2CCC(N(C)C)C2)n1. The monoisotopic (exact) mass is 240 g/mol. The van der Waals surface area contributed by atoms with Crippen LogP contribution in [0.3, 0.4) is 0 Å². The van der Waals surface area contributed by atoms with Gasteiger partial charge in [0.05, 0.1) is 5.69 Å². The molecule has 0 saturated carbocycles. The van der Waals surface area contributed by atoms with Crippen LogP contribution >= 0.6 is 11.3 Å². The van der Waals surface area contributed by atoms with Gasteiger partial charge in [-0.2, -0.15) is 0 Å². The van der Waals surface area contributed by atoms with Gasteiger partial charge < -0.3 is 15.5 Å². The first kappa shape index (κ1) is 11.8. The van der Waals surface area contributed by atoms with E-state index in [1.54, 1.807) is 11.3 Å². The molecule has 2 N–H and O–H groups in total. The van der Waals surface area contributed by atoms with Gasteiger partial charge in [0.25, 0.3) is 0 Å². The minimum atomic E-state index is 0.0391. The maximum absolute atomic E-state index is 5.82. The van der Waals surface area contributed by atoms with E-state index in [9.17, 15) is 0 Å². The van der Waals surface area contributed by atoms with Crippen molar-refractivity contribution in [2.24, 2.45) is 5.73 Å². The van der Waals surface area contributed by atoms with E-state index in [4.69, 9.17) is 5.73 Å². The number of nitrogens with two attached hydrogens (primary N) is 1. The Balaban J connectivity index is 2.03. The van der Waals surface area contributed by atoms with Crippen molar-refractivity contribution >= 4 is 16.5 Å². The predicted molar refractivity (Wildman–Crippen MR) is 69.0 cm³/mol. The average molecular weight is 240 g/mol. The lowest BCUT2D eigenvalue weighted by Crippen LogP contribution is -2.31. The van der Waals surface area contributed by atoms with Crippen LogP contribution in [0.2, 0.25) is 0 Å². The number of likely N-dealkylation sites (N-methyl/N-ethyl adjacent to an activating group) is 1. The summed E-state index contributed by atoms with van der Waals surface area (Å²) in [5.74, 6) is 0. The fraction of sp³-hybridized carbons (Fsp3) is 0.727. The van der Waals surface area contributed by atoms with Crippen LogP contribution in [0.4, 0.5) is 5.13 Å². The summed E-state index contributed by atoms with van der Waals surface area (Å²) in [7, 11) is 4.28. The van der Waals surface area contributed by atoms with Crippen molar-refractivity contribution in [2.75, 3.05) is 32.1 Å². The van der Waals surface area contributed by atoms with E-state index < -0.39 is 0 Å². The summed E-state index contributed by atoms with van der Waals surface area (Å²) in [6.45, 7) is 4.17. The van der Waals surface area contributed by atoms with Crippen molar-refractivity contribution in [3.8, 4) is 0 Å². The Morgan fingerprint density at radius 3 is 2.88 bits per heavy atom. The molecule has 1 saturated heterocycles. The molecule has 0 aromatic carbocycles. The molecule has 0 amide bonds. The molecule has 2 heterocycles. The third-order valence-corrected chi connectivity index (χ3v) is 4.06. The van der Waals surface area contributed by atoms with Crippen molar-refractivity contribution in [3.05, 3.63) is 11.1 Å². The molecule has 1 aliphatic heterocycles. The molecule has 1 aromatic rings. The highest BCUT2D eigenvalue weighted by Gasteiger charge is 2.25. The Hall–Kier alpha value is -0.650. The zero-order valence-electron chi connectivity index (χ0n) is 10.2. The number of hydrogen-bond donors (Lipinski definition) is 1. The van der Waals surface area contributed by atoms with Gasteiger partial charge in [0.2, 0.25) is 0 Å². The van der Waals surface area contributed by atoms with Crippen LogP contribution in [-0.4, -0.2) is 43.1 Å². The summed E-state index contributed by atoms with van der Waals surface area (Å²) in [4.78, 5) is 9.24. The summed E-state index contributed by atoms with van der Waals surface area (Å²) in [5, 5.41) is 3.19. The average Bonchev–Trinajstić information content (AvgIpc) is 2.86. The first-order valence-corrected chi connectivity index (χ1v) is 6.58. The van der Waals surface area contributed by atoms with E-state index in [1.165, 1.54) is 6.42 Å². The molecule has 2 atom stereocenters. The Morgan fingerprint density at radius 1 is 1.62 bits per heavy atom. The van der Waals surface area contributed by atoms with E-state index in [-0.39, 0.29) is 6.04 Å². The molecule has 1 aliphatic rings. The van der Waals surface area contributed by atoms with E-state index in [1.807, 2.05) is 6.92 Å². The van der Waals surface area contributed by atoms with Gasteiger partial charge in [-0.1, -0.05) is 0 Å². The first-order valence-electron chi connectivity index (χ1n) is 5.70. The second-order valence-electron chi connectivity index (χ2n) is 4.70. The lowest BCUT2D eigenvalue weighted by molar-refractivity contribution is 0.315. The molecule has 0 bridgehead atoms. The third-order valence-electron chi connectivity index (χ3n) is 3.14. The second kappa shape index (κ2) is 4.69. The zero-order chi connectivity index (χ0) is 11.7. The number of aromatic nitrogens is 1. The van der Waals surface area contributed by atoms with Gasteiger partial charge in [-0.3, -0.25) is 0 Å². The highest BCUT2D eigenvalue weighted by atomic mass is 32.1. The van der Waals surface area contributed by atoms with Crippen molar-refractivity contribution in [1.29, 1.82) is 0 Å². The van der Waals surface area contributed by atoms with Gasteiger partial charge in [0.15, 0.2) is 5.13 Å². The third kappa shape index (κ3) is 2.36. The molecule has 16 heavy (non-hydrogen) atoms. The van der Waals surface area contributed by atoms with Gasteiger partial charge in [0, 0.05) is 30.6 Å². The first-order chi connectivity index (χ1) is 7.58. The van der Waals surface area contributed by atoms with E-state index in [2.05, 4.69) is 34.3 Å². The van der Waals surface area contributed by atoms with Crippen LogP contribution in [0, 0.1) is 0 Å².